The van der Waals surface area contributed by atoms with Crippen LogP contribution in [0.5, 0.6) is 5.88 Å². The van der Waals surface area contributed by atoms with Gasteiger partial charge >= 0.3 is 0 Å². The summed E-state index contributed by atoms with van der Waals surface area (Å²) in [6.45, 7) is 3.32. The molecule has 0 radical (unpaired) electrons. The van der Waals surface area contributed by atoms with Crippen molar-refractivity contribution in [2.45, 2.75) is 38.0 Å². The molecule has 0 saturated carbocycles. The number of hydrogen-bond donors (Lipinski definition) is 2. The second-order valence-electron chi connectivity index (χ2n) is 6.46. The summed E-state index contributed by atoms with van der Waals surface area (Å²) in [5.74, 6) is 0.580. The van der Waals surface area contributed by atoms with Gasteiger partial charge in [0.1, 0.15) is 6.10 Å². The molecule has 3 rings (SSSR count). The molecule has 1 aromatic heterocycles. The molecule has 156 valence electrons. The lowest BCUT2D eigenvalue weighted by molar-refractivity contribution is 0.0234. The maximum atomic E-state index is 10.6. The van der Waals surface area contributed by atoms with Gasteiger partial charge < -0.3 is 20.3 Å². The zero-order valence-corrected chi connectivity index (χ0v) is 18.5. The Labute approximate surface area is 187 Å². The highest BCUT2D eigenvalue weighted by molar-refractivity contribution is 6.42. The lowest BCUT2D eigenvalue weighted by atomic mass is 9.97. The van der Waals surface area contributed by atoms with Crippen LogP contribution in [0.4, 0.5) is 0 Å². The molecule has 28 heavy (non-hydrogen) atoms. The van der Waals surface area contributed by atoms with Crippen molar-refractivity contribution in [3.63, 3.8) is 0 Å². The topological polar surface area (TPSA) is 77.6 Å². The summed E-state index contributed by atoms with van der Waals surface area (Å²) >= 11 is 12.0. The van der Waals surface area contributed by atoms with Gasteiger partial charge in [-0.2, -0.15) is 0 Å². The van der Waals surface area contributed by atoms with Crippen molar-refractivity contribution in [2.24, 2.45) is 5.73 Å². The Morgan fingerprint density at radius 3 is 2.43 bits per heavy atom. The number of benzene rings is 1. The first-order valence-corrected chi connectivity index (χ1v) is 9.31. The summed E-state index contributed by atoms with van der Waals surface area (Å²) in [4.78, 5) is 4.38. The predicted molar refractivity (Wildman–Crippen MR) is 116 cm³/mol. The molecule has 9 heteroatoms. The SMILES string of the molecule is Cc1cc([C@H](O)[C@H](N)c2ccc(Cl)c(Cl)c2)cnc1OC1CCOCC1.Cl.Cl. The van der Waals surface area contributed by atoms with Gasteiger partial charge in [-0.15, -0.1) is 24.8 Å². The molecule has 3 N–H and O–H groups in total. The molecule has 1 aliphatic heterocycles. The quantitative estimate of drug-likeness (QED) is 0.655. The second kappa shape index (κ2) is 11.4. The van der Waals surface area contributed by atoms with E-state index in [0.29, 0.717) is 40.3 Å². The van der Waals surface area contributed by atoms with Crippen molar-refractivity contribution in [3.05, 3.63) is 57.2 Å². The first kappa shape index (κ1) is 25.2. The number of pyridine rings is 1. The van der Waals surface area contributed by atoms with Gasteiger partial charge in [-0.25, -0.2) is 4.98 Å². The highest BCUT2D eigenvalue weighted by Gasteiger charge is 2.22. The van der Waals surface area contributed by atoms with E-state index in [1.807, 2.05) is 13.0 Å². The van der Waals surface area contributed by atoms with E-state index < -0.39 is 12.1 Å². The molecule has 0 amide bonds. The first-order chi connectivity index (χ1) is 12.5. The van der Waals surface area contributed by atoms with Crippen LogP contribution >= 0.6 is 48.0 Å². The molecule has 0 unspecified atom stereocenters. The second-order valence-corrected chi connectivity index (χ2v) is 7.28. The third-order valence-corrected chi connectivity index (χ3v) is 5.25. The lowest BCUT2D eigenvalue weighted by Gasteiger charge is -2.24. The van der Waals surface area contributed by atoms with Crippen LogP contribution in [0.15, 0.2) is 30.5 Å². The zero-order valence-electron chi connectivity index (χ0n) is 15.3. The number of halogens is 4. The monoisotopic (exact) mass is 468 g/mol. The molecule has 1 aromatic carbocycles. The Hall–Kier alpha value is -0.790. The third kappa shape index (κ3) is 6.10. The van der Waals surface area contributed by atoms with Crippen LogP contribution in [0, 0.1) is 6.92 Å². The molecule has 2 aromatic rings. The van der Waals surface area contributed by atoms with Gasteiger partial charge in [0.2, 0.25) is 5.88 Å². The zero-order chi connectivity index (χ0) is 18.7. The van der Waals surface area contributed by atoms with E-state index in [-0.39, 0.29) is 30.9 Å². The van der Waals surface area contributed by atoms with Gasteiger partial charge in [0.15, 0.2) is 0 Å². The Morgan fingerprint density at radius 1 is 1.14 bits per heavy atom. The van der Waals surface area contributed by atoms with E-state index in [4.69, 9.17) is 38.4 Å². The van der Waals surface area contributed by atoms with E-state index in [0.717, 1.165) is 18.4 Å². The van der Waals surface area contributed by atoms with Gasteiger partial charge in [0.25, 0.3) is 0 Å². The van der Waals surface area contributed by atoms with Crippen LogP contribution in [-0.4, -0.2) is 29.4 Å². The minimum absolute atomic E-state index is 0. The van der Waals surface area contributed by atoms with E-state index in [2.05, 4.69) is 4.98 Å². The van der Waals surface area contributed by atoms with E-state index in [1.165, 1.54) is 0 Å². The van der Waals surface area contributed by atoms with E-state index in [1.54, 1.807) is 24.4 Å². The van der Waals surface area contributed by atoms with E-state index >= 15 is 0 Å². The summed E-state index contributed by atoms with van der Waals surface area (Å²) in [6, 6.07) is 6.29. The highest BCUT2D eigenvalue weighted by atomic mass is 35.5. The molecule has 2 heterocycles. The van der Waals surface area contributed by atoms with Crippen LogP contribution in [-0.2, 0) is 4.74 Å². The van der Waals surface area contributed by atoms with Gasteiger partial charge in [-0.05, 0) is 30.7 Å². The number of aliphatic hydroxyl groups excluding tert-OH is 1. The van der Waals surface area contributed by atoms with Gasteiger partial charge in [0, 0.05) is 30.2 Å². The number of nitrogens with zero attached hydrogens (tertiary/aromatic N) is 1. The van der Waals surface area contributed by atoms with Gasteiger partial charge in [-0.3, -0.25) is 0 Å². The fourth-order valence-corrected chi connectivity index (χ4v) is 3.24. The van der Waals surface area contributed by atoms with Crippen molar-refractivity contribution < 1.29 is 14.6 Å². The molecule has 1 saturated heterocycles. The van der Waals surface area contributed by atoms with Gasteiger partial charge in [-0.1, -0.05) is 29.3 Å². The highest BCUT2D eigenvalue weighted by Crippen LogP contribution is 2.32. The van der Waals surface area contributed by atoms with E-state index in [9.17, 15) is 5.11 Å². The molecule has 1 fully saturated rings. The van der Waals surface area contributed by atoms with Crippen molar-refractivity contribution in [1.82, 2.24) is 4.98 Å². The number of aliphatic hydroxyl groups is 1. The molecule has 0 aliphatic carbocycles. The van der Waals surface area contributed by atoms with Crippen LogP contribution in [0.3, 0.4) is 0 Å². The molecule has 5 nitrogen and oxygen atoms in total. The molecular weight excluding hydrogens is 446 g/mol. The smallest absolute Gasteiger partial charge is 0.216 e. The molecular formula is C19H24Cl4N2O3. The molecule has 2 atom stereocenters. The predicted octanol–water partition coefficient (Wildman–Crippen LogP) is 4.83. The van der Waals surface area contributed by atoms with Crippen LogP contribution in [0.25, 0.3) is 0 Å². The van der Waals surface area contributed by atoms with Crippen LogP contribution < -0.4 is 10.5 Å². The first-order valence-electron chi connectivity index (χ1n) is 8.55. The van der Waals surface area contributed by atoms with Crippen molar-refractivity contribution >= 4 is 48.0 Å². The summed E-state index contributed by atoms with van der Waals surface area (Å²) in [7, 11) is 0. The number of aromatic nitrogens is 1. The Bertz CT molecular complexity index is 773. The number of nitrogens with two attached hydrogens (primary N) is 1. The third-order valence-electron chi connectivity index (χ3n) is 4.51. The van der Waals surface area contributed by atoms with Gasteiger partial charge in [0.05, 0.1) is 35.4 Å². The maximum Gasteiger partial charge on any atom is 0.216 e. The summed E-state index contributed by atoms with van der Waals surface area (Å²) < 4.78 is 11.3. The number of aryl methyl sites for hydroxylation is 1. The Balaban J connectivity index is 0.00000196. The average Bonchev–Trinajstić information content (AvgIpc) is 2.65. The standard InChI is InChI=1S/C19H22Cl2N2O3.2ClH/c1-11-8-13(10-23-19(11)26-14-4-6-25-7-5-14)18(24)17(22)12-2-3-15(20)16(21)9-12;;/h2-3,8-10,14,17-18,24H,4-7,22H2,1H3;2*1H/t17-,18+;;/m1../s1. The number of rotatable bonds is 5. The molecule has 0 spiro atoms. The molecule has 1 aliphatic rings. The maximum absolute atomic E-state index is 10.6. The largest absolute Gasteiger partial charge is 0.474 e. The Morgan fingerprint density at radius 2 is 1.82 bits per heavy atom. The van der Waals surface area contributed by atoms with Crippen LogP contribution in [0.2, 0.25) is 10.0 Å². The average molecular weight is 470 g/mol. The fourth-order valence-electron chi connectivity index (χ4n) is 2.93. The number of hydrogen-bond acceptors (Lipinski definition) is 5. The van der Waals surface area contributed by atoms with Crippen molar-refractivity contribution in [1.29, 1.82) is 0 Å². The summed E-state index contributed by atoms with van der Waals surface area (Å²) in [5.41, 5.74) is 8.38. The summed E-state index contributed by atoms with van der Waals surface area (Å²) in [6.07, 6.45) is 2.50. The van der Waals surface area contributed by atoms with Crippen molar-refractivity contribution in [2.75, 3.05) is 13.2 Å². The Kier molecular flexibility index (Phi) is 10.3. The van der Waals surface area contributed by atoms with Crippen LogP contribution in [0.1, 0.15) is 41.7 Å². The molecule has 0 bridgehead atoms. The summed E-state index contributed by atoms with van der Waals surface area (Å²) in [5, 5.41) is 11.5. The number of ether oxygens (including phenoxy) is 2. The fraction of sp³-hybridized carbons (Fsp3) is 0.421. The lowest BCUT2D eigenvalue weighted by Crippen LogP contribution is -2.26. The minimum Gasteiger partial charge on any atom is -0.474 e. The minimum atomic E-state index is -0.921. The normalized spacial score (nSPS) is 16.5. The van der Waals surface area contributed by atoms with Crippen molar-refractivity contribution in [3.8, 4) is 5.88 Å².